The number of rotatable bonds is 4. The first-order valence-electron chi connectivity index (χ1n) is 3.70. The van der Waals surface area contributed by atoms with E-state index >= 15 is 0 Å². The van der Waals surface area contributed by atoms with E-state index in [1.807, 2.05) is 0 Å². The van der Waals surface area contributed by atoms with Crippen LogP contribution in [0.2, 0.25) is 0 Å². The molecule has 0 aromatic rings. The van der Waals surface area contributed by atoms with Crippen molar-refractivity contribution < 1.29 is 0 Å². The zero-order chi connectivity index (χ0) is 6.69. The van der Waals surface area contributed by atoms with Gasteiger partial charge in [0.2, 0.25) is 0 Å². The molecular weight excluding hydrogens is 148 g/mol. The van der Waals surface area contributed by atoms with Crippen molar-refractivity contribution in [2.45, 2.75) is 37.7 Å². The van der Waals surface area contributed by atoms with E-state index in [4.69, 9.17) is 0 Å². The van der Waals surface area contributed by atoms with Crippen LogP contribution in [0.1, 0.15) is 33.1 Å². The van der Waals surface area contributed by atoms with Gasteiger partial charge >= 0.3 is 0 Å². The zero-order valence-electron chi connectivity index (χ0n) is 6.09. The van der Waals surface area contributed by atoms with Crippen LogP contribution in [0, 0.1) is 5.92 Å². The molecule has 0 bridgehead atoms. The molecule has 54 valence electrons. The summed E-state index contributed by atoms with van der Waals surface area (Å²) >= 11 is 0. The first kappa shape index (κ1) is 7.80. The Morgan fingerprint density at radius 2 is 2.00 bits per heavy atom. The van der Waals surface area contributed by atoms with Gasteiger partial charge in [0, 0.05) is 0 Å². The Hall–Kier alpha value is 0.700. The predicted octanol–water partition coefficient (Wildman–Crippen LogP) is 3.53. The molecule has 9 heavy (non-hydrogen) atoms. The topological polar surface area (TPSA) is 0 Å². The van der Waals surface area contributed by atoms with Crippen molar-refractivity contribution in [2.75, 3.05) is 0 Å². The summed E-state index contributed by atoms with van der Waals surface area (Å²) in [6.45, 7) is 4.58. The molecule has 0 N–H and O–H groups in total. The van der Waals surface area contributed by atoms with E-state index in [2.05, 4.69) is 35.4 Å². The molecule has 0 nitrogen and oxygen atoms in total. The molecule has 1 unspecified atom stereocenters. The van der Waals surface area contributed by atoms with E-state index in [1.54, 1.807) is 0 Å². The molecular formula is C7H14S2. The molecule has 0 amide bonds. The van der Waals surface area contributed by atoms with Crippen LogP contribution in [0.5, 0.6) is 0 Å². The highest BCUT2D eigenvalue weighted by Crippen LogP contribution is 2.58. The van der Waals surface area contributed by atoms with Crippen LogP contribution < -0.4 is 0 Å². The summed E-state index contributed by atoms with van der Waals surface area (Å²) < 4.78 is 0.968. The normalized spacial score (nSPS) is 22.0. The van der Waals surface area contributed by atoms with Gasteiger partial charge in [0.25, 0.3) is 0 Å². The Morgan fingerprint density at radius 1 is 1.33 bits per heavy atom. The third-order valence-corrected chi connectivity index (χ3v) is 4.20. The molecule has 1 heterocycles. The summed E-state index contributed by atoms with van der Waals surface area (Å²) in [6.07, 6.45) is 4.16. The molecule has 1 aliphatic heterocycles. The Balaban J connectivity index is 2.12. The fourth-order valence-corrected chi connectivity index (χ4v) is 3.26. The summed E-state index contributed by atoms with van der Waals surface area (Å²) in [5, 5.41) is 0. The van der Waals surface area contributed by atoms with Gasteiger partial charge < -0.3 is 0 Å². The highest BCUT2D eigenvalue weighted by atomic mass is 33.2. The third kappa shape index (κ3) is 2.42. The molecule has 2 heteroatoms. The Bertz CT molecular complexity index is 79.0. The maximum atomic E-state index is 2.31. The molecule has 0 spiro atoms. The lowest BCUT2D eigenvalue weighted by molar-refractivity contribution is 0.507. The quantitative estimate of drug-likeness (QED) is 0.458. The fourth-order valence-electron chi connectivity index (χ4n) is 1.09. The van der Waals surface area contributed by atoms with E-state index < -0.39 is 0 Å². The van der Waals surface area contributed by atoms with Crippen molar-refractivity contribution in [1.29, 1.82) is 0 Å². The standard InChI is InChI=1S/C7H14S2/c1-3-5-6(4-2)7-8-9-7/h6-7H,3-5H2,1-2H3. The lowest BCUT2D eigenvalue weighted by Crippen LogP contribution is -2.02. The van der Waals surface area contributed by atoms with E-state index in [0.29, 0.717) is 0 Å². The van der Waals surface area contributed by atoms with Gasteiger partial charge in [-0.05, 0) is 12.3 Å². The van der Waals surface area contributed by atoms with Gasteiger partial charge in [-0.1, -0.05) is 48.3 Å². The highest BCUT2D eigenvalue weighted by molar-refractivity contribution is 8.92. The summed E-state index contributed by atoms with van der Waals surface area (Å²) in [5.41, 5.74) is 0. The van der Waals surface area contributed by atoms with Crippen molar-refractivity contribution in [1.82, 2.24) is 0 Å². The summed E-state index contributed by atoms with van der Waals surface area (Å²) in [7, 11) is 4.12. The number of hydrogen-bond acceptors (Lipinski definition) is 2. The van der Waals surface area contributed by atoms with Crippen LogP contribution >= 0.6 is 21.6 Å². The van der Waals surface area contributed by atoms with Crippen molar-refractivity contribution in [3.8, 4) is 0 Å². The van der Waals surface area contributed by atoms with Gasteiger partial charge in [-0.3, -0.25) is 0 Å². The van der Waals surface area contributed by atoms with E-state index in [0.717, 1.165) is 10.5 Å². The predicted molar refractivity (Wildman–Crippen MR) is 47.7 cm³/mol. The average molecular weight is 162 g/mol. The minimum absolute atomic E-state index is 0.968. The third-order valence-electron chi connectivity index (χ3n) is 1.78. The molecule has 0 aliphatic carbocycles. The summed E-state index contributed by atoms with van der Waals surface area (Å²) in [4.78, 5) is 0. The summed E-state index contributed by atoms with van der Waals surface area (Å²) in [5.74, 6) is 1.00. The monoisotopic (exact) mass is 162 g/mol. The van der Waals surface area contributed by atoms with Crippen LogP contribution in [0.15, 0.2) is 0 Å². The largest absolute Gasteiger partial charge is 0.0773 e. The first-order valence-corrected chi connectivity index (χ1v) is 5.98. The molecule has 0 saturated carbocycles. The Morgan fingerprint density at radius 3 is 2.33 bits per heavy atom. The Kier molecular flexibility index (Phi) is 3.27. The SMILES string of the molecule is CCCC(CC)C1SS1. The van der Waals surface area contributed by atoms with Crippen LogP contribution in [0.3, 0.4) is 0 Å². The van der Waals surface area contributed by atoms with Gasteiger partial charge in [0.05, 0.1) is 4.58 Å². The molecule has 0 radical (unpaired) electrons. The van der Waals surface area contributed by atoms with Crippen molar-refractivity contribution in [2.24, 2.45) is 5.92 Å². The fraction of sp³-hybridized carbons (Fsp3) is 1.00. The van der Waals surface area contributed by atoms with Crippen LogP contribution in [-0.4, -0.2) is 4.58 Å². The lowest BCUT2D eigenvalue weighted by Gasteiger charge is -2.08. The van der Waals surface area contributed by atoms with E-state index in [1.165, 1.54) is 19.3 Å². The minimum Gasteiger partial charge on any atom is -0.0773 e. The van der Waals surface area contributed by atoms with Gasteiger partial charge in [0.15, 0.2) is 0 Å². The maximum absolute atomic E-state index is 2.31. The zero-order valence-corrected chi connectivity index (χ0v) is 7.73. The highest BCUT2D eigenvalue weighted by Gasteiger charge is 2.31. The second-order valence-electron chi connectivity index (χ2n) is 2.52. The van der Waals surface area contributed by atoms with Crippen molar-refractivity contribution in [3.05, 3.63) is 0 Å². The second kappa shape index (κ2) is 3.77. The molecule has 1 fully saturated rings. The van der Waals surface area contributed by atoms with Crippen LogP contribution in [-0.2, 0) is 0 Å². The van der Waals surface area contributed by atoms with Gasteiger partial charge in [-0.25, -0.2) is 0 Å². The van der Waals surface area contributed by atoms with Crippen molar-refractivity contribution in [3.63, 3.8) is 0 Å². The second-order valence-corrected chi connectivity index (χ2v) is 5.37. The molecule has 0 aromatic carbocycles. The van der Waals surface area contributed by atoms with Gasteiger partial charge in [-0.2, -0.15) is 0 Å². The molecule has 0 aromatic heterocycles. The van der Waals surface area contributed by atoms with Crippen molar-refractivity contribution >= 4 is 21.6 Å². The first-order chi connectivity index (χ1) is 4.38. The van der Waals surface area contributed by atoms with Gasteiger partial charge in [0.1, 0.15) is 0 Å². The average Bonchev–Trinajstić information content (AvgIpc) is 2.64. The molecule has 1 aliphatic rings. The van der Waals surface area contributed by atoms with E-state index in [-0.39, 0.29) is 0 Å². The van der Waals surface area contributed by atoms with Crippen LogP contribution in [0.25, 0.3) is 0 Å². The lowest BCUT2D eigenvalue weighted by atomic mass is 10.0. The summed E-state index contributed by atoms with van der Waals surface area (Å²) in [6, 6.07) is 0. The van der Waals surface area contributed by atoms with Gasteiger partial charge in [-0.15, -0.1) is 0 Å². The molecule has 1 saturated heterocycles. The molecule has 1 rings (SSSR count). The smallest absolute Gasteiger partial charge is 0.0738 e. The van der Waals surface area contributed by atoms with E-state index in [9.17, 15) is 0 Å². The number of hydrogen-bond donors (Lipinski definition) is 0. The minimum atomic E-state index is 0.968. The maximum Gasteiger partial charge on any atom is 0.0738 e. The molecule has 1 atom stereocenters. The Labute approximate surface area is 65.6 Å². The van der Waals surface area contributed by atoms with Crippen LogP contribution in [0.4, 0.5) is 0 Å².